The molecule has 5 heterocycles. The van der Waals surface area contributed by atoms with E-state index in [9.17, 15) is 9.18 Å². The quantitative estimate of drug-likeness (QED) is 0.382. The molecule has 0 atom stereocenters. The van der Waals surface area contributed by atoms with Gasteiger partial charge in [0, 0.05) is 56.4 Å². The highest BCUT2D eigenvalue weighted by Crippen LogP contribution is 2.35. The summed E-state index contributed by atoms with van der Waals surface area (Å²) in [6.07, 6.45) is 3.85. The summed E-state index contributed by atoms with van der Waals surface area (Å²) in [5.74, 6) is -1.73. The average Bonchev–Trinajstić information content (AvgIpc) is 3.30. The second kappa shape index (κ2) is 10.1. The van der Waals surface area contributed by atoms with E-state index in [1.54, 1.807) is 18.0 Å². The summed E-state index contributed by atoms with van der Waals surface area (Å²) < 4.78 is 35.8. The summed E-state index contributed by atoms with van der Waals surface area (Å²) in [6, 6.07) is 6.21. The number of nitrogens with zero attached hydrogens (tertiary/aromatic N) is 6. The van der Waals surface area contributed by atoms with Crippen LogP contribution in [0.25, 0.3) is 10.9 Å². The molecule has 0 saturated carbocycles. The normalized spacial score (nSPS) is 15.9. The van der Waals surface area contributed by atoms with Crippen LogP contribution in [0.15, 0.2) is 36.8 Å². The molecule has 2 N–H and O–H groups in total. The first-order chi connectivity index (χ1) is 18.9. The van der Waals surface area contributed by atoms with E-state index in [2.05, 4.69) is 42.1 Å². The van der Waals surface area contributed by atoms with Gasteiger partial charge in [-0.15, -0.1) is 0 Å². The zero-order chi connectivity index (χ0) is 27.1. The number of hydrogen-bond donors (Lipinski definition) is 2. The lowest BCUT2D eigenvalue weighted by Crippen LogP contribution is -2.44. The van der Waals surface area contributed by atoms with Gasteiger partial charge in [0.25, 0.3) is 5.91 Å². The average molecular weight is 535 g/mol. The van der Waals surface area contributed by atoms with E-state index in [1.165, 1.54) is 12.4 Å². The predicted molar refractivity (Wildman–Crippen MR) is 143 cm³/mol. The molecule has 0 bridgehead atoms. The number of halogens is 2. The van der Waals surface area contributed by atoms with E-state index in [4.69, 9.17) is 4.74 Å². The molecule has 2 fully saturated rings. The predicted octanol–water partition coefficient (Wildman–Crippen LogP) is 4.07. The van der Waals surface area contributed by atoms with Crippen molar-refractivity contribution in [3.63, 3.8) is 0 Å². The lowest BCUT2D eigenvalue weighted by atomic mass is 10.1. The Hall–Kier alpha value is -4.32. The number of aryl methyl sites for hydroxylation is 1. The van der Waals surface area contributed by atoms with Gasteiger partial charge in [0.2, 0.25) is 5.88 Å². The molecule has 1 amide bonds. The number of fused-ring (bicyclic) bond motifs is 1. The van der Waals surface area contributed by atoms with Crippen molar-refractivity contribution in [3.8, 4) is 11.6 Å². The Kier molecular flexibility index (Phi) is 6.47. The summed E-state index contributed by atoms with van der Waals surface area (Å²) in [5, 5.41) is 3.14. The number of anilines is 3. The summed E-state index contributed by atoms with van der Waals surface area (Å²) >= 11 is 0. The molecule has 6 rings (SSSR count). The van der Waals surface area contributed by atoms with Crippen LogP contribution in [-0.4, -0.2) is 82.0 Å². The minimum Gasteiger partial charge on any atom is -0.435 e. The number of carbonyl (C=O) groups excluding carboxylic acids is 1. The fourth-order valence-electron chi connectivity index (χ4n) is 4.76. The summed E-state index contributed by atoms with van der Waals surface area (Å²) in [7, 11) is 2.10. The van der Waals surface area contributed by atoms with E-state index < -0.39 is 11.6 Å². The first-order valence-electron chi connectivity index (χ1n) is 12.8. The van der Waals surface area contributed by atoms with Crippen LogP contribution in [0.5, 0.6) is 11.6 Å². The SMILES string of the molecule is Cc1cc2c(F)c(Oc3ncnc(Nc4ccc(N5CCN(C)CC5)cn4)c3C(=O)N3CCC3)cc(F)c2[nH]1. The number of H-pyrrole nitrogens is 1. The summed E-state index contributed by atoms with van der Waals surface area (Å²) in [6.45, 7) is 6.63. The van der Waals surface area contributed by atoms with Gasteiger partial charge < -0.3 is 29.7 Å². The van der Waals surface area contributed by atoms with Crippen LogP contribution in [0.4, 0.5) is 26.1 Å². The molecule has 3 aromatic heterocycles. The minimum absolute atomic E-state index is 0.0206. The highest BCUT2D eigenvalue weighted by molar-refractivity contribution is 6.02. The van der Waals surface area contributed by atoms with Gasteiger partial charge in [0.15, 0.2) is 23.2 Å². The number of amides is 1. The molecule has 2 aliphatic heterocycles. The number of aromatic nitrogens is 4. The fourth-order valence-corrected chi connectivity index (χ4v) is 4.76. The van der Waals surface area contributed by atoms with Crippen molar-refractivity contribution in [3.05, 3.63) is 59.7 Å². The third-order valence-electron chi connectivity index (χ3n) is 7.14. The van der Waals surface area contributed by atoms with Crippen molar-refractivity contribution in [2.45, 2.75) is 13.3 Å². The van der Waals surface area contributed by atoms with Crippen molar-refractivity contribution < 1.29 is 18.3 Å². The van der Waals surface area contributed by atoms with Crippen LogP contribution in [-0.2, 0) is 0 Å². The standard InChI is InChI=1S/C27H28F2N8O2/c1-16-12-18-23(29)20(13-19(28)24(18)33-16)39-26-22(27(38)37-6-3-7-37)25(31-15-32-26)34-21-5-4-17(14-30-21)36-10-8-35(2)9-11-36/h4-5,12-15,33H,3,6-11H2,1-2H3,(H,30,31,32,34). The number of nitrogens with one attached hydrogen (secondary N) is 2. The number of carbonyl (C=O) groups is 1. The van der Waals surface area contributed by atoms with E-state index in [-0.39, 0.29) is 39.8 Å². The zero-order valence-electron chi connectivity index (χ0n) is 21.7. The molecular formula is C27H28F2N8O2. The zero-order valence-corrected chi connectivity index (χ0v) is 21.7. The van der Waals surface area contributed by atoms with Gasteiger partial charge in [-0.25, -0.2) is 23.7 Å². The number of hydrogen-bond acceptors (Lipinski definition) is 8. The molecule has 10 nitrogen and oxygen atoms in total. The van der Waals surface area contributed by atoms with Crippen LogP contribution in [0.2, 0.25) is 0 Å². The first-order valence-corrected chi connectivity index (χ1v) is 12.8. The van der Waals surface area contributed by atoms with Gasteiger partial charge >= 0.3 is 0 Å². The number of likely N-dealkylation sites (tertiary alicyclic amines) is 1. The highest BCUT2D eigenvalue weighted by Gasteiger charge is 2.30. The number of piperazine rings is 1. The van der Waals surface area contributed by atoms with Gasteiger partial charge in [0.1, 0.15) is 17.7 Å². The number of pyridine rings is 1. The fraction of sp³-hybridized carbons (Fsp3) is 0.333. The number of benzene rings is 1. The number of likely N-dealkylation sites (N-methyl/N-ethyl adjacent to an activating group) is 1. The second-order valence-electron chi connectivity index (χ2n) is 9.88. The second-order valence-corrected chi connectivity index (χ2v) is 9.88. The lowest BCUT2D eigenvalue weighted by molar-refractivity contribution is 0.0649. The van der Waals surface area contributed by atoms with Crippen LogP contribution in [0.3, 0.4) is 0 Å². The molecule has 0 aliphatic carbocycles. The molecule has 4 aromatic rings. The Balaban J connectivity index is 1.32. The summed E-state index contributed by atoms with van der Waals surface area (Å²) in [5.41, 5.74) is 1.68. The Morgan fingerprint density at radius 2 is 1.85 bits per heavy atom. The molecule has 12 heteroatoms. The van der Waals surface area contributed by atoms with E-state index in [1.807, 2.05) is 12.1 Å². The molecule has 202 valence electrons. The molecule has 0 unspecified atom stereocenters. The van der Waals surface area contributed by atoms with Crippen LogP contribution < -0.4 is 15.0 Å². The van der Waals surface area contributed by atoms with Crippen molar-refractivity contribution in [2.24, 2.45) is 0 Å². The largest absolute Gasteiger partial charge is 0.435 e. The van der Waals surface area contributed by atoms with Crippen LogP contribution in [0.1, 0.15) is 22.5 Å². The first kappa shape index (κ1) is 25.0. The maximum Gasteiger partial charge on any atom is 0.263 e. The van der Waals surface area contributed by atoms with Gasteiger partial charge in [-0.1, -0.05) is 0 Å². The molecule has 2 aliphatic rings. The Morgan fingerprint density at radius 3 is 2.54 bits per heavy atom. The Morgan fingerprint density at radius 1 is 1.05 bits per heavy atom. The van der Waals surface area contributed by atoms with Crippen molar-refractivity contribution in [2.75, 3.05) is 56.5 Å². The Bertz CT molecular complexity index is 1530. The topological polar surface area (TPSA) is 103 Å². The highest BCUT2D eigenvalue weighted by atomic mass is 19.1. The molecule has 0 radical (unpaired) electrons. The van der Waals surface area contributed by atoms with Gasteiger partial charge in [-0.3, -0.25) is 4.79 Å². The van der Waals surface area contributed by atoms with Crippen LogP contribution in [0, 0.1) is 18.6 Å². The van der Waals surface area contributed by atoms with E-state index in [0.717, 1.165) is 44.4 Å². The lowest BCUT2D eigenvalue weighted by Gasteiger charge is -2.33. The third-order valence-corrected chi connectivity index (χ3v) is 7.14. The van der Waals surface area contributed by atoms with E-state index in [0.29, 0.717) is 24.6 Å². The van der Waals surface area contributed by atoms with Gasteiger partial charge in [-0.2, -0.15) is 0 Å². The van der Waals surface area contributed by atoms with Crippen molar-refractivity contribution >= 4 is 34.1 Å². The number of aromatic amines is 1. The molecule has 1 aromatic carbocycles. The van der Waals surface area contributed by atoms with E-state index >= 15 is 4.39 Å². The molecule has 2 saturated heterocycles. The smallest absolute Gasteiger partial charge is 0.263 e. The monoisotopic (exact) mass is 534 g/mol. The molecular weight excluding hydrogens is 506 g/mol. The minimum atomic E-state index is -0.757. The van der Waals surface area contributed by atoms with Crippen molar-refractivity contribution in [1.82, 2.24) is 29.7 Å². The van der Waals surface area contributed by atoms with Gasteiger partial charge in [-0.05, 0) is 38.6 Å². The number of rotatable bonds is 6. The number of ether oxygens (including phenoxy) is 1. The molecule has 39 heavy (non-hydrogen) atoms. The van der Waals surface area contributed by atoms with Crippen LogP contribution >= 0.6 is 0 Å². The van der Waals surface area contributed by atoms with Crippen molar-refractivity contribution in [1.29, 1.82) is 0 Å². The Labute approximate surface area is 223 Å². The van der Waals surface area contributed by atoms with Gasteiger partial charge in [0.05, 0.1) is 17.4 Å². The maximum absolute atomic E-state index is 15.3. The maximum atomic E-state index is 15.3. The summed E-state index contributed by atoms with van der Waals surface area (Å²) in [4.78, 5) is 35.3. The third kappa shape index (κ3) is 4.83. The molecule has 0 spiro atoms.